The largest absolute Gasteiger partial charge is 0.373 e. The molecule has 0 amide bonds. The molecule has 1 unspecified atom stereocenters. The number of hydrogen-bond donors (Lipinski definition) is 1. The van der Waals surface area contributed by atoms with E-state index < -0.39 is 5.82 Å². The minimum atomic E-state index is -0.472. The van der Waals surface area contributed by atoms with E-state index in [2.05, 4.69) is 15.0 Å². The molecule has 4 aromatic rings. The van der Waals surface area contributed by atoms with Gasteiger partial charge in [-0.25, -0.2) is 13.8 Å². The number of rotatable bonds is 4. The fourth-order valence-corrected chi connectivity index (χ4v) is 5.07. The predicted octanol–water partition coefficient (Wildman–Crippen LogP) is 6.70. The van der Waals surface area contributed by atoms with Gasteiger partial charge in [0.1, 0.15) is 23.6 Å². The number of hydrogen-bond acceptors (Lipinski definition) is 3. The summed E-state index contributed by atoms with van der Waals surface area (Å²) < 4.78 is 33.4. The summed E-state index contributed by atoms with van der Waals surface area (Å²) in [6, 6.07) is 9.68. The van der Waals surface area contributed by atoms with Crippen LogP contribution < -0.4 is 0 Å². The lowest BCUT2D eigenvalue weighted by molar-refractivity contribution is 0.0274. The highest BCUT2D eigenvalue weighted by Crippen LogP contribution is 2.43. The van der Waals surface area contributed by atoms with Gasteiger partial charge in [-0.2, -0.15) is 0 Å². The van der Waals surface area contributed by atoms with Crippen molar-refractivity contribution in [2.24, 2.45) is 5.92 Å². The van der Waals surface area contributed by atoms with Crippen LogP contribution in [0.3, 0.4) is 0 Å². The van der Waals surface area contributed by atoms with Crippen LogP contribution in [-0.4, -0.2) is 22.1 Å². The topological polar surface area (TPSA) is 50.8 Å². The molecule has 2 aromatic carbocycles. The van der Waals surface area contributed by atoms with Gasteiger partial charge in [0.2, 0.25) is 0 Å². The van der Waals surface area contributed by atoms with Crippen molar-refractivity contribution in [3.05, 3.63) is 70.6 Å². The predicted molar refractivity (Wildman–Crippen MR) is 117 cm³/mol. The first-order chi connectivity index (χ1) is 15.0. The Morgan fingerprint density at radius 2 is 1.87 bits per heavy atom. The average Bonchev–Trinajstić information content (AvgIpc) is 3.17. The molecule has 31 heavy (non-hydrogen) atoms. The summed E-state index contributed by atoms with van der Waals surface area (Å²) >= 11 is 5.90. The van der Waals surface area contributed by atoms with Crippen LogP contribution in [-0.2, 0) is 4.74 Å². The minimum Gasteiger partial charge on any atom is -0.373 e. The number of fused-ring (bicyclic) bond motifs is 2. The molecule has 4 nitrogen and oxygen atoms in total. The Morgan fingerprint density at radius 3 is 2.65 bits per heavy atom. The smallest absolute Gasteiger partial charge is 0.144 e. The van der Waals surface area contributed by atoms with Crippen molar-refractivity contribution in [1.82, 2.24) is 15.0 Å². The third-order valence-electron chi connectivity index (χ3n) is 6.44. The van der Waals surface area contributed by atoms with E-state index in [0.717, 1.165) is 42.1 Å². The van der Waals surface area contributed by atoms with E-state index in [1.807, 2.05) is 6.07 Å². The Morgan fingerprint density at radius 1 is 1.06 bits per heavy atom. The number of H-pyrrole nitrogens is 1. The summed E-state index contributed by atoms with van der Waals surface area (Å²) in [7, 11) is 1.68. The van der Waals surface area contributed by atoms with Crippen LogP contribution in [0, 0.1) is 17.6 Å². The van der Waals surface area contributed by atoms with Crippen LogP contribution in [0.2, 0.25) is 5.02 Å². The molecular formula is C24H22ClF2N3O. The van der Waals surface area contributed by atoms with Crippen LogP contribution in [0.5, 0.6) is 0 Å². The third kappa shape index (κ3) is 3.79. The molecule has 2 aromatic heterocycles. The molecule has 0 saturated heterocycles. The van der Waals surface area contributed by atoms with Gasteiger partial charge in [-0.3, -0.25) is 4.98 Å². The highest BCUT2D eigenvalue weighted by Gasteiger charge is 2.31. The van der Waals surface area contributed by atoms with Gasteiger partial charge in [0.05, 0.1) is 21.6 Å². The molecule has 1 fully saturated rings. The molecule has 0 spiro atoms. The molecule has 0 radical (unpaired) electrons. The number of halogens is 3. The van der Waals surface area contributed by atoms with Gasteiger partial charge in [0, 0.05) is 24.8 Å². The first-order valence-electron chi connectivity index (χ1n) is 10.4. The third-order valence-corrected chi connectivity index (χ3v) is 6.73. The number of aromatic amines is 1. The Labute approximate surface area is 183 Å². The molecule has 2 heterocycles. The molecule has 5 rings (SSSR count). The quantitative estimate of drug-likeness (QED) is 0.383. The van der Waals surface area contributed by atoms with Gasteiger partial charge in [0.15, 0.2) is 0 Å². The lowest BCUT2D eigenvalue weighted by Gasteiger charge is -2.33. The van der Waals surface area contributed by atoms with Crippen molar-refractivity contribution in [3.63, 3.8) is 0 Å². The summed E-state index contributed by atoms with van der Waals surface area (Å²) in [6.45, 7) is 0. The minimum absolute atomic E-state index is 0.0565. The van der Waals surface area contributed by atoms with Gasteiger partial charge < -0.3 is 9.72 Å². The number of pyridine rings is 1. The van der Waals surface area contributed by atoms with Crippen LogP contribution in [0.15, 0.2) is 42.6 Å². The van der Waals surface area contributed by atoms with E-state index in [-0.39, 0.29) is 22.9 Å². The second-order valence-corrected chi connectivity index (χ2v) is 8.64. The highest BCUT2D eigenvalue weighted by atomic mass is 35.5. The number of nitrogens with zero attached hydrogens (tertiary/aromatic N) is 2. The number of aromatic nitrogens is 3. The Kier molecular flexibility index (Phi) is 5.36. The van der Waals surface area contributed by atoms with E-state index in [4.69, 9.17) is 16.3 Å². The lowest BCUT2D eigenvalue weighted by atomic mass is 9.76. The molecule has 7 heteroatoms. The standard InChI is InChI=1S/C24H22ClF2N3O/c1-31-23(24-29-21-11-18(25)19(27)12-22(21)30-24)14-4-2-13(3-5-14)16-8-9-28-20-7-6-15(26)10-17(16)20/h6-14,23H,2-5H2,1H3,(H,29,30). The Hall–Kier alpha value is -2.57. The van der Waals surface area contributed by atoms with E-state index in [1.165, 1.54) is 18.2 Å². The van der Waals surface area contributed by atoms with Crippen molar-refractivity contribution >= 4 is 33.5 Å². The summed E-state index contributed by atoms with van der Waals surface area (Å²) in [5, 5.41) is 0.950. The number of imidazole rings is 1. The zero-order valence-corrected chi connectivity index (χ0v) is 17.8. The van der Waals surface area contributed by atoms with E-state index >= 15 is 0 Å². The Balaban J connectivity index is 1.37. The number of benzene rings is 2. The lowest BCUT2D eigenvalue weighted by Crippen LogP contribution is -2.22. The maximum absolute atomic E-state index is 13.8. The van der Waals surface area contributed by atoms with Gasteiger partial charge in [-0.1, -0.05) is 11.6 Å². The van der Waals surface area contributed by atoms with Crippen molar-refractivity contribution in [3.8, 4) is 0 Å². The number of methoxy groups -OCH3 is 1. The fourth-order valence-electron chi connectivity index (χ4n) is 4.92. The summed E-state index contributed by atoms with van der Waals surface area (Å²) in [4.78, 5) is 12.2. The summed E-state index contributed by atoms with van der Waals surface area (Å²) in [5.74, 6) is 0.617. The van der Waals surface area contributed by atoms with E-state index in [1.54, 1.807) is 25.4 Å². The SMILES string of the molecule is COC(c1nc2cc(Cl)c(F)cc2[nH]1)C1CCC(c2ccnc3ccc(F)cc23)CC1. The normalized spacial score (nSPS) is 20.4. The van der Waals surface area contributed by atoms with Crippen LogP contribution in [0.4, 0.5) is 8.78 Å². The van der Waals surface area contributed by atoms with Crippen molar-refractivity contribution < 1.29 is 13.5 Å². The summed E-state index contributed by atoms with van der Waals surface area (Å²) in [6.07, 6.45) is 5.45. The first-order valence-corrected chi connectivity index (χ1v) is 10.8. The van der Waals surface area contributed by atoms with Gasteiger partial charge >= 0.3 is 0 Å². The van der Waals surface area contributed by atoms with Gasteiger partial charge in [0.25, 0.3) is 0 Å². The molecule has 1 atom stereocenters. The van der Waals surface area contributed by atoms with Crippen LogP contribution >= 0.6 is 11.6 Å². The maximum atomic E-state index is 13.8. The van der Waals surface area contributed by atoms with Gasteiger partial charge in [-0.15, -0.1) is 0 Å². The molecule has 0 bridgehead atoms. The molecule has 160 valence electrons. The van der Waals surface area contributed by atoms with Crippen molar-refractivity contribution in [1.29, 1.82) is 0 Å². The molecule has 1 N–H and O–H groups in total. The zero-order chi connectivity index (χ0) is 21.5. The number of nitrogens with one attached hydrogen (secondary N) is 1. The number of ether oxygens (including phenoxy) is 1. The second-order valence-electron chi connectivity index (χ2n) is 8.24. The summed E-state index contributed by atoms with van der Waals surface area (Å²) in [5.41, 5.74) is 3.22. The van der Waals surface area contributed by atoms with Crippen LogP contribution in [0.1, 0.15) is 49.1 Å². The molecule has 1 saturated carbocycles. The van der Waals surface area contributed by atoms with E-state index in [9.17, 15) is 8.78 Å². The van der Waals surface area contributed by atoms with Gasteiger partial charge in [-0.05, 0) is 73.4 Å². The molecule has 0 aliphatic heterocycles. The average molecular weight is 442 g/mol. The maximum Gasteiger partial charge on any atom is 0.144 e. The molecular weight excluding hydrogens is 420 g/mol. The fraction of sp³-hybridized carbons (Fsp3) is 0.333. The molecule has 1 aliphatic carbocycles. The monoisotopic (exact) mass is 441 g/mol. The van der Waals surface area contributed by atoms with Crippen molar-refractivity contribution in [2.75, 3.05) is 7.11 Å². The highest BCUT2D eigenvalue weighted by molar-refractivity contribution is 6.31. The van der Waals surface area contributed by atoms with Crippen molar-refractivity contribution in [2.45, 2.75) is 37.7 Å². The van der Waals surface area contributed by atoms with Crippen LogP contribution in [0.25, 0.3) is 21.9 Å². The van der Waals surface area contributed by atoms with E-state index in [0.29, 0.717) is 22.8 Å². The zero-order valence-electron chi connectivity index (χ0n) is 17.0. The second kappa shape index (κ2) is 8.17. The Bertz CT molecular complexity index is 1210. The molecule has 1 aliphatic rings. The first kappa shape index (κ1) is 20.3.